The molecule has 0 aliphatic carbocycles. The topological polar surface area (TPSA) is 83.1 Å². The molecule has 0 unspecified atom stereocenters. The van der Waals surface area contributed by atoms with Gasteiger partial charge in [-0.05, 0) is 19.4 Å². The number of amides is 1. The van der Waals surface area contributed by atoms with Gasteiger partial charge >= 0.3 is 0 Å². The third kappa shape index (κ3) is 3.91. The first kappa shape index (κ1) is 15.2. The van der Waals surface area contributed by atoms with Crippen LogP contribution in [0.1, 0.15) is 12.2 Å². The molecule has 0 saturated heterocycles. The van der Waals surface area contributed by atoms with E-state index < -0.39 is 0 Å². The number of rotatable bonds is 7. The van der Waals surface area contributed by atoms with Gasteiger partial charge in [0.25, 0.3) is 0 Å². The molecule has 2 rings (SSSR count). The Morgan fingerprint density at radius 3 is 3.05 bits per heavy atom. The van der Waals surface area contributed by atoms with Gasteiger partial charge in [0.15, 0.2) is 0 Å². The van der Waals surface area contributed by atoms with Crippen molar-refractivity contribution in [2.45, 2.75) is 13.3 Å². The fourth-order valence-electron chi connectivity index (χ4n) is 2.12. The van der Waals surface area contributed by atoms with Gasteiger partial charge in [-0.3, -0.25) is 4.79 Å². The van der Waals surface area contributed by atoms with Crippen molar-refractivity contribution in [3.63, 3.8) is 0 Å². The minimum absolute atomic E-state index is 0.0337. The maximum Gasteiger partial charge on any atom is 0.239 e. The van der Waals surface area contributed by atoms with Crippen molar-refractivity contribution < 1.29 is 9.53 Å². The van der Waals surface area contributed by atoms with Gasteiger partial charge in [-0.2, -0.15) is 0 Å². The van der Waals surface area contributed by atoms with Crippen LogP contribution in [0.3, 0.4) is 0 Å². The standard InChI is InChI=1S/C14H21N5O2/c1-10-17-13-11(5-7-16-13)14(18-10)19(2)9-12(20)15-6-4-8-21-3/h5,7H,4,6,8-9H2,1-3H3,(H,15,20)(H,16,17,18). The van der Waals surface area contributed by atoms with Crippen molar-refractivity contribution in [1.82, 2.24) is 20.3 Å². The minimum atomic E-state index is -0.0337. The molecule has 0 fully saturated rings. The second kappa shape index (κ2) is 7.03. The molecule has 2 N–H and O–H groups in total. The predicted molar refractivity (Wildman–Crippen MR) is 81.4 cm³/mol. The summed E-state index contributed by atoms with van der Waals surface area (Å²) in [6.07, 6.45) is 2.63. The van der Waals surface area contributed by atoms with Crippen LogP contribution in [0.2, 0.25) is 0 Å². The Bertz CT molecular complexity index is 610. The molecule has 0 radical (unpaired) electrons. The molecular formula is C14H21N5O2. The summed E-state index contributed by atoms with van der Waals surface area (Å²) in [4.78, 5) is 25.6. The van der Waals surface area contributed by atoms with E-state index >= 15 is 0 Å². The summed E-state index contributed by atoms with van der Waals surface area (Å²) in [5.74, 6) is 1.40. The molecule has 7 heteroatoms. The van der Waals surface area contributed by atoms with Crippen LogP contribution in [-0.4, -0.2) is 54.7 Å². The number of methoxy groups -OCH3 is 1. The zero-order valence-corrected chi connectivity index (χ0v) is 12.6. The van der Waals surface area contributed by atoms with Crippen LogP contribution in [0, 0.1) is 6.92 Å². The Morgan fingerprint density at radius 2 is 2.29 bits per heavy atom. The van der Waals surface area contributed by atoms with Gasteiger partial charge in [0, 0.05) is 33.5 Å². The van der Waals surface area contributed by atoms with Crippen molar-refractivity contribution in [2.24, 2.45) is 0 Å². The molecule has 0 aliphatic heterocycles. The number of aromatic amines is 1. The normalized spacial score (nSPS) is 10.8. The van der Waals surface area contributed by atoms with Gasteiger partial charge in [0.1, 0.15) is 17.3 Å². The van der Waals surface area contributed by atoms with Crippen LogP contribution in [0.15, 0.2) is 12.3 Å². The minimum Gasteiger partial charge on any atom is -0.385 e. The van der Waals surface area contributed by atoms with Crippen molar-refractivity contribution in [1.29, 1.82) is 0 Å². The number of aryl methyl sites for hydroxylation is 1. The monoisotopic (exact) mass is 291 g/mol. The molecule has 2 heterocycles. The van der Waals surface area contributed by atoms with Crippen LogP contribution in [-0.2, 0) is 9.53 Å². The molecule has 2 aromatic heterocycles. The molecule has 0 saturated carbocycles. The van der Waals surface area contributed by atoms with Gasteiger partial charge in [-0.25, -0.2) is 9.97 Å². The lowest BCUT2D eigenvalue weighted by Crippen LogP contribution is -2.36. The summed E-state index contributed by atoms with van der Waals surface area (Å²) in [6.45, 7) is 3.35. The van der Waals surface area contributed by atoms with E-state index in [1.807, 2.05) is 31.1 Å². The van der Waals surface area contributed by atoms with E-state index in [1.165, 1.54) is 0 Å². The summed E-state index contributed by atoms with van der Waals surface area (Å²) >= 11 is 0. The number of carbonyl (C=O) groups excluding carboxylic acids is 1. The number of carbonyl (C=O) groups is 1. The van der Waals surface area contributed by atoms with E-state index in [-0.39, 0.29) is 12.5 Å². The van der Waals surface area contributed by atoms with Crippen LogP contribution in [0.5, 0.6) is 0 Å². The van der Waals surface area contributed by atoms with Gasteiger partial charge in [0.2, 0.25) is 5.91 Å². The summed E-state index contributed by atoms with van der Waals surface area (Å²) in [7, 11) is 3.50. The fourth-order valence-corrected chi connectivity index (χ4v) is 2.12. The van der Waals surface area contributed by atoms with E-state index in [1.54, 1.807) is 7.11 Å². The molecule has 21 heavy (non-hydrogen) atoms. The van der Waals surface area contributed by atoms with E-state index in [0.29, 0.717) is 19.0 Å². The van der Waals surface area contributed by atoms with Crippen LogP contribution in [0.25, 0.3) is 11.0 Å². The molecule has 0 bridgehead atoms. The highest BCUT2D eigenvalue weighted by Crippen LogP contribution is 2.21. The van der Waals surface area contributed by atoms with Crippen molar-refractivity contribution in [3.8, 4) is 0 Å². The number of nitrogens with one attached hydrogen (secondary N) is 2. The van der Waals surface area contributed by atoms with E-state index in [0.717, 1.165) is 23.3 Å². The Hall–Kier alpha value is -2.15. The Balaban J connectivity index is 2.00. The molecule has 1 amide bonds. The number of ether oxygens (including phenoxy) is 1. The van der Waals surface area contributed by atoms with E-state index in [2.05, 4.69) is 20.3 Å². The van der Waals surface area contributed by atoms with Crippen LogP contribution >= 0.6 is 0 Å². The van der Waals surface area contributed by atoms with Crippen molar-refractivity contribution >= 4 is 22.8 Å². The smallest absolute Gasteiger partial charge is 0.239 e. The number of anilines is 1. The van der Waals surface area contributed by atoms with Crippen molar-refractivity contribution in [3.05, 3.63) is 18.1 Å². The summed E-state index contributed by atoms with van der Waals surface area (Å²) in [5, 5.41) is 3.78. The third-order valence-corrected chi connectivity index (χ3v) is 3.10. The molecule has 0 aliphatic rings. The molecular weight excluding hydrogens is 270 g/mol. The number of H-pyrrole nitrogens is 1. The third-order valence-electron chi connectivity index (χ3n) is 3.10. The zero-order chi connectivity index (χ0) is 15.2. The lowest BCUT2D eigenvalue weighted by Gasteiger charge is -2.18. The maximum atomic E-state index is 11.9. The average molecular weight is 291 g/mol. The highest BCUT2D eigenvalue weighted by Gasteiger charge is 2.13. The molecule has 114 valence electrons. The van der Waals surface area contributed by atoms with Gasteiger partial charge in [0.05, 0.1) is 11.9 Å². The van der Waals surface area contributed by atoms with Crippen LogP contribution in [0.4, 0.5) is 5.82 Å². The molecule has 0 aromatic carbocycles. The Morgan fingerprint density at radius 1 is 1.48 bits per heavy atom. The predicted octanol–water partition coefficient (Wildman–Crippen LogP) is 0.855. The highest BCUT2D eigenvalue weighted by atomic mass is 16.5. The SMILES string of the molecule is COCCCNC(=O)CN(C)c1nc(C)nc2[nH]ccc12. The first-order valence-electron chi connectivity index (χ1n) is 6.90. The number of likely N-dealkylation sites (N-methyl/N-ethyl adjacent to an activating group) is 1. The quantitative estimate of drug-likeness (QED) is 0.739. The Kier molecular flexibility index (Phi) is 5.10. The molecule has 7 nitrogen and oxygen atoms in total. The lowest BCUT2D eigenvalue weighted by atomic mass is 10.3. The largest absolute Gasteiger partial charge is 0.385 e. The van der Waals surface area contributed by atoms with Gasteiger partial charge in [-0.15, -0.1) is 0 Å². The zero-order valence-electron chi connectivity index (χ0n) is 12.6. The van der Waals surface area contributed by atoms with Crippen LogP contribution < -0.4 is 10.2 Å². The molecule has 2 aromatic rings. The molecule has 0 spiro atoms. The van der Waals surface area contributed by atoms with Gasteiger partial charge < -0.3 is 19.9 Å². The summed E-state index contributed by atoms with van der Waals surface area (Å²) in [6, 6.07) is 1.91. The number of nitrogens with zero attached hydrogens (tertiary/aromatic N) is 3. The Labute approximate surface area is 123 Å². The second-order valence-corrected chi connectivity index (χ2v) is 4.89. The number of hydrogen-bond acceptors (Lipinski definition) is 5. The number of aromatic nitrogens is 3. The first-order chi connectivity index (χ1) is 10.1. The maximum absolute atomic E-state index is 11.9. The number of fused-ring (bicyclic) bond motifs is 1. The first-order valence-corrected chi connectivity index (χ1v) is 6.90. The summed E-state index contributed by atoms with van der Waals surface area (Å²) in [5.41, 5.74) is 0.782. The van der Waals surface area contributed by atoms with E-state index in [9.17, 15) is 4.79 Å². The fraction of sp³-hybridized carbons (Fsp3) is 0.500. The summed E-state index contributed by atoms with van der Waals surface area (Å²) < 4.78 is 4.94. The lowest BCUT2D eigenvalue weighted by molar-refractivity contribution is -0.119. The highest BCUT2D eigenvalue weighted by molar-refractivity contribution is 5.90. The molecule has 0 atom stereocenters. The van der Waals surface area contributed by atoms with Crippen molar-refractivity contribution in [2.75, 3.05) is 38.8 Å². The van der Waals surface area contributed by atoms with Gasteiger partial charge in [-0.1, -0.05) is 0 Å². The van der Waals surface area contributed by atoms with E-state index in [4.69, 9.17) is 4.74 Å². The number of hydrogen-bond donors (Lipinski definition) is 2. The average Bonchev–Trinajstić information content (AvgIpc) is 2.90. The second-order valence-electron chi connectivity index (χ2n) is 4.89.